The molecule has 5 aliphatic heterocycles. The predicted octanol–water partition coefficient (Wildman–Crippen LogP) is 20.1. The molecule has 2 atom stereocenters. The minimum Gasteiger partial charge on any atom is -0.465 e. The number of ether oxygens (including phenoxy) is 4. The summed E-state index contributed by atoms with van der Waals surface area (Å²) in [6, 6.07) is 13.7. The van der Waals surface area contributed by atoms with E-state index >= 15 is 19.2 Å². The zero-order chi connectivity index (χ0) is 63.9. The highest BCUT2D eigenvalue weighted by Crippen LogP contribution is 3.00. The van der Waals surface area contributed by atoms with Crippen molar-refractivity contribution >= 4 is 342 Å². The van der Waals surface area contributed by atoms with E-state index in [-0.39, 0.29) is 30.5 Å². The highest BCUT2D eigenvalue weighted by molar-refractivity contribution is 6.81. The van der Waals surface area contributed by atoms with Gasteiger partial charge in [-0.3, -0.25) is 24.0 Å². The molecule has 2 unspecified atom stereocenters. The number of hydrogen-bond donors (Lipinski definition) is 0. The number of ketones is 1. The zero-order valence-corrected chi connectivity index (χ0v) is 52.9. The largest absolute Gasteiger partial charge is 0.465 e. The van der Waals surface area contributed by atoms with Crippen LogP contribution < -0.4 is 9.47 Å². The molecule has 9 nitrogen and oxygen atoms in total. The van der Waals surface area contributed by atoms with Gasteiger partial charge in [-0.25, -0.2) is 0 Å². The molecule has 9 heteroatoms. The number of carbonyl (C=O) groups excluding carboxylic acids is 5. The summed E-state index contributed by atoms with van der Waals surface area (Å²) in [5.41, 5.74) is -0.155. The van der Waals surface area contributed by atoms with Crippen LogP contribution in [0.4, 0.5) is 0 Å². The van der Waals surface area contributed by atoms with Crippen LogP contribution in [0.1, 0.15) is 80.7 Å². The summed E-state index contributed by atoms with van der Waals surface area (Å²) in [5.74, 6) is -2.16. The van der Waals surface area contributed by atoms with E-state index in [9.17, 15) is 4.79 Å². The van der Waals surface area contributed by atoms with E-state index in [1.54, 1.807) is 48.5 Å². The maximum Gasteiger partial charge on any atom is 0.331 e. The van der Waals surface area contributed by atoms with Gasteiger partial charge >= 0.3 is 23.9 Å². The Hall–Kier alpha value is -12.6. The first-order chi connectivity index (χ1) is 50.8. The number of benzene rings is 23. The Bertz CT molecular complexity index is 9800. The summed E-state index contributed by atoms with van der Waals surface area (Å²) in [5, 5.41) is 74.2. The third-order valence-corrected chi connectivity index (χ3v) is 34.6. The van der Waals surface area contributed by atoms with E-state index in [1.807, 2.05) is 13.8 Å². The Morgan fingerprint density at radius 3 is 0.621 bits per heavy atom. The lowest BCUT2D eigenvalue weighted by Crippen LogP contribution is -2.40. The van der Waals surface area contributed by atoms with Gasteiger partial charge in [0.2, 0.25) is 0 Å². The molecule has 0 saturated heterocycles. The summed E-state index contributed by atoms with van der Waals surface area (Å²) < 4.78 is 28.7. The molecule has 31 aromatic carbocycles. The highest BCUT2D eigenvalue weighted by atomic mass is 16.6. The number of hydrogen-bond acceptors (Lipinski definition) is 9. The van der Waals surface area contributed by atoms with Gasteiger partial charge in [-0.15, -0.1) is 0 Å². The van der Waals surface area contributed by atoms with Gasteiger partial charge in [0.1, 0.15) is 11.5 Å². The summed E-state index contributed by atoms with van der Waals surface area (Å²) >= 11 is 0. The molecule has 10 aliphatic carbocycles. The normalized spacial score (nSPS) is 26.4. The molecule has 0 radical (unpaired) electrons. The topological polar surface area (TPSA) is 122 Å². The van der Waals surface area contributed by atoms with Crippen molar-refractivity contribution < 1.29 is 42.9 Å². The standard InChI is InChI=1S/C94H20O9/c1-3-13-101-86(97)94-88(99)103-17-11-7-15(8-12-17)84(95)14-5-9-16(10-6-14)102-87(98)93(85(96)100-4-2)89-76-60-46-32-22-18-19-23-27-21-29-25(19)35-34-24(18)28-20-26(22)36(46)50-40-30(20)42-52-38(28)48(34)62-63-49(35)39(29)53-43-31(21)41-51-37(27)47(33(23)32)61(60)77(89)65(51)69-55(41)45-57(43)71-67(53)79(63)91(94)78(62)66(52)70-56(42)44-54(40)68(64(50)76)80-72-58(44)74-75(83(71)92(91,94)82(70)74)59(45)73(72)81(69)90(80,89)93/h5-12H,3-4,13H2,1-2H3. The van der Waals surface area contributed by atoms with Gasteiger partial charge in [0.25, 0.3) is 0 Å². The summed E-state index contributed by atoms with van der Waals surface area (Å²) in [4.78, 5) is 87.1. The van der Waals surface area contributed by atoms with Crippen LogP contribution in [0, 0.1) is 10.8 Å². The van der Waals surface area contributed by atoms with Crippen molar-refractivity contribution in [3.05, 3.63) is 104 Å². The van der Waals surface area contributed by atoms with Gasteiger partial charge in [0, 0.05) is 11.1 Å². The third kappa shape index (κ3) is 2.41. The quantitative estimate of drug-likeness (QED) is 0.0545. The molecule has 0 aromatic heterocycles. The van der Waals surface area contributed by atoms with Crippen LogP contribution >= 0.6 is 0 Å². The molecule has 16 bridgehead atoms. The van der Waals surface area contributed by atoms with Crippen molar-refractivity contribution in [3.8, 4) is 11.5 Å². The summed E-state index contributed by atoms with van der Waals surface area (Å²) in [6.07, 6.45) is 0.545. The first-order valence-electron chi connectivity index (χ1n) is 37.1. The SMILES string of the molecule is CCCOC(=O)C12C(=O)Oc3ccc(cc3)C(=O)c3ccc(cc3)OC(=O)C3(C(=O)OCC)C45c6c7c8c4c4c9c%10c%11c%12c(c%13c6c6c%14c7c7c%15c%16c%17c%18c%19c%20c%21c%22c%23c(c7c8c7c4c4c9c8c%11c9c%11c%12c%12c%13c6c6c(c%16%14)c%17c%13c%19c%14c%16c%20c%17c%22c(c%237)c4c4c8c9c(c%16c%174)c4c%11c%12c6c%13c%144)C%151C%18%212)C%1035. The first-order valence-corrected chi connectivity index (χ1v) is 37.1. The lowest BCUT2D eigenvalue weighted by atomic mass is 9.66. The maximum absolute atomic E-state index is 18.2. The molecule has 450 valence electrons. The van der Waals surface area contributed by atoms with E-state index in [1.165, 1.54) is 280 Å². The Morgan fingerprint density at radius 2 is 0.437 bits per heavy atom. The van der Waals surface area contributed by atoms with E-state index in [4.69, 9.17) is 18.9 Å². The van der Waals surface area contributed by atoms with Crippen LogP contribution in [-0.2, 0) is 50.3 Å². The molecule has 5 heterocycles. The first kappa shape index (κ1) is 42.5. The van der Waals surface area contributed by atoms with Gasteiger partial charge in [-0.1, -0.05) is 6.92 Å². The van der Waals surface area contributed by atoms with Crippen molar-refractivity contribution in [2.75, 3.05) is 13.2 Å². The fraction of sp³-hybridized carbons (Fsp3) is 0.117. The number of fused-ring (bicyclic) bond motifs is 1. The van der Waals surface area contributed by atoms with Crippen LogP contribution in [0.5, 0.6) is 11.5 Å². The molecule has 0 N–H and O–H groups in total. The molecular weight excluding hydrogens is 1270 g/mol. The molecule has 46 rings (SSSR count). The smallest absolute Gasteiger partial charge is 0.331 e. The Morgan fingerprint density at radius 1 is 0.262 bits per heavy atom. The minimum absolute atomic E-state index is 0.0397. The van der Waals surface area contributed by atoms with Crippen molar-refractivity contribution in [1.82, 2.24) is 0 Å². The third-order valence-electron chi connectivity index (χ3n) is 34.6. The fourth-order valence-electron chi connectivity index (χ4n) is 34.2. The van der Waals surface area contributed by atoms with Crippen LogP contribution in [-0.4, -0.2) is 42.9 Å². The Labute approximate surface area is 563 Å². The van der Waals surface area contributed by atoms with Crippen LogP contribution in [0.2, 0.25) is 0 Å². The van der Waals surface area contributed by atoms with Crippen LogP contribution in [0.3, 0.4) is 0 Å². The predicted molar refractivity (Wildman–Crippen MR) is 401 cm³/mol. The number of rotatable bonds is 5. The molecule has 31 aromatic rings. The summed E-state index contributed by atoms with van der Waals surface area (Å²) in [7, 11) is 0. The van der Waals surface area contributed by atoms with Gasteiger partial charge < -0.3 is 18.9 Å². The van der Waals surface area contributed by atoms with Gasteiger partial charge in [0.05, 0.1) is 34.9 Å². The highest BCUT2D eigenvalue weighted by Gasteiger charge is 3.04. The average molecular weight is 1290 g/mol. The van der Waals surface area contributed by atoms with Crippen molar-refractivity contribution in [1.29, 1.82) is 0 Å². The van der Waals surface area contributed by atoms with Crippen LogP contribution in [0.15, 0.2) is 48.5 Å². The summed E-state index contributed by atoms with van der Waals surface area (Å²) in [6.45, 7) is 4.08. The van der Waals surface area contributed by atoms with E-state index in [0.29, 0.717) is 17.5 Å². The molecule has 15 aliphatic rings. The van der Waals surface area contributed by atoms with E-state index in [0.717, 1.165) is 76.8 Å². The Kier molecular flexibility index (Phi) is 4.16. The van der Waals surface area contributed by atoms with Crippen molar-refractivity contribution in [2.45, 2.75) is 41.9 Å². The van der Waals surface area contributed by atoms with Crippen molar-refractivity contribution in [3.63, 3.8) is 0 Å². The Balaban J connectivity index is 0.932. The maximum atomic E-state index is 18.2. The monoisotopic (exact) mass is 1290 g/mol. The number of carbonyl (C=O) groups is 5. The van der Waals surface area contributed by atoms with Crippen molar-refractivity contribution in [2.24, 2.45) is 10.8 Å². The lowest BCUT2D eigenvalue weighted by molar-refractivity contribution is -0.163. The molecule has 103 heavy (non-hydrogen) atoms. The second-order valence-electron chi connectivity index (χ2n) is 35.3. The number of esters is 4. The zero-order valence-electron chi connectivity index (χ0n) is 52.9. The minimum atomic E-state index is -2.04. The van der Waals surface area contributed by atoms with Crippen LogP contribution in [0.25, 0.3) is 312 Å². The van der Waals surface area contributed by atoms with Gasteiger partial charge in [0.15, 0.2) is 16.6 Å². The molecule has 0 amide bonds. The fourth-order valence-corrected chi connectivity index (χ4v) is 34.2. The second-order valence-corrected chi connectivity index (χ2v) is 35.3. The molecule has 2 fully saturated rings. The molecular formula is C94H20O9. The molecule has 4 spiro atoms. The van der Waals surface area contributed by atoms with Gasteiger partial charge in [-0.05, 0) is 419 Å². The molecule has 2 saturated carbocycles. The van der Waals surface area contributed by atoms with E-state index < -0.39 is 56.4 Å². The average Bonchev–Trinajstić information content (AvgIpc) is 1.35. The van der Waals surface area contributed by atoms with Gasteiger partial charge in [-0.2, -0.15) is 0 Å². The van der Waals surface area contributed by atoms with E-state index in [2.05, 4.69) is 0 Å². The lowest BCUT2D eigenvalue weighted by Gasteiger charge is -2.33. The second kappa shape index (κ2) is 10.1.